The molecule has 0 fully saturated rings. The van der Waals surface area contributed by atoms with Crippen LogP contribution in [0.2, 0.25) is 5.02 Å². The summed E-state index contributed by atoms with van der Waals surface area (Å²) in [5, 5.41) is 4.99. The van der Waals surface area contributed by atoms with Crippen molar-refractivity contribution in [3.63, 3.8) is 0 Å². The summed E-state index contributed by atoms with van der Waals surface area (Å²) in [7, 11) is 0. The maximum Gasteiger partial charge on any atom is 0.417 e. The Kier molecular flexibility index (Phi) is 7.03. The van der Waals surface area contributed by atoms with Gasteiger partial charge in [-0.05, 0) is 36.4 Å². The lowest BCUT2D eigenvalue weighted by Crippen LogP contribution is -2.23. The van der Waals surface area contributed by atoms with E-state index in [4.69, 9.17) is 11.6 Å². The molecule has 3 aromatic heterocycles. The summed E-state index contributed by atoms with van der Waals surface area (Å²) in [5.41, 5.74) is 0.269. The summed E-state index contributed by atoms with van der Waals surface area (Å²) in [6, 6.07) is 8.14. The van der Waals surface area contributed by atoms with Crippen molar-refractivity contribution in [3.8, 4) is 11.3 Å². The average Bonchev–Trinajstić information content (AvgIpc) is 3.33. The number of alkyl halides is 3. The van der Waals surface area contributed by atoms with E-state index in [1.165, 1.54) is 24.7 Å². The highest BCUT2D eigenvalue weighted by Gasteiger charge is 2.33. The molecule has 4 aromatic rings. The maximum absolute atomic E-state index is 13.0. The summed E-state index contributed by atoms with van der Waals surface area (Å²) < 4.78 is 39.1. The van der Waals surface area contributed by atoms with E-state index in [0.29, 0.717) is 10.7 Å². The first-order valence-corrected chi connectivity index (χ1v) is 11.0. The van der Waals surface area contributed by atoms with E-state index in [1.807, 2.05) is 0 Å². The van der Waals surface area contributed by atoms with Gasteiger partial charge in [0.25, 0.3) is 11.8 Å². The minimum atomic E-state index is -4.66. The SMILES string of the molecule is O=C(NCc1ncc(C(=O)Nc2ccc(Cl)c(C(F)(F)F)c2)s1)c1cc(-c2cccnc2)ncn1. The first-order chi connectivity index (χ1) is 16.7. The third-order valence-electron chi connectivity index (χ3n) is 4.56. The van der Waals surface area contributed by atoms with Crippen molar-refractivity contribution in [2.24, 2.45) is 0 Å². The molecule has 13 heteroatoms. The van der Waals surface area contributed by atoms with Crippen LogP contribution in [0.3, 0.4) is 0 Å². The van der Waals surface area contributed by atoms with Crippen LogP contribution in [0.25, 0.3) is 11.3 Å². The Morgan fingerprint density at radius 1 is 1.03 bits per heavy atom. The molecule has 1 aromatic carbocycles. The van der Waals surface area contributed by atoms with Gasteiger partial charge in [0.2, 0.25) is 0 Å². The monoisotopic (exact) mass is 518 g/mol. The molecule has 0 saturated heterocycles. The van der Waals surface area contributed by atoms with Gasteiger partial charge in [0.05, 0.1) is 29.0 Å². The van der Waals surface area contributed by atoms with Gasteiger partial charge < -0.3 is 10.6 Å². The summed E-state index contributed by atoms with van der Waals surface area (Å²) >= 11 is 6.58. The molecule has 0 bridgehead atoms. The molecule has 0 atom stereocenters. The van der Waals surface area contributed by atoms with E-state index in [-0.39, 0.29) is 22.8 Å². The number of aromatic nitrogens is 4. The van der Waals surface area contributed by atoms with Gasteiger partial charge >= 0.3 is 6.18 Å². The zero-order valence-electron chi connectivity index (χ0n) is 17.5. The lowest BCUT2D eigenvalue weighted by atomic mass is 10.2. The minimum Gasteiger partial charge on any atom is -0.344 e. The lowest BCUT2D eigenvalue weighted by Gasteiger charge is -2.11. The zero-order chi connectivity index (χ0) is 25.0. The highest BCUT2D eigenvalue weighted by molar-refractivity contribution is 7.13. The lowest BCUT2D eigenvalue weighted by molar-refractivity contribution is -0.137. The van der Waals surface area contributed by atoms with E-state index in [2.05, 4.69) is 30.6 Å². The number of hydrogen-bond donors (Lipinski definition) is 2. The van der Waals surface area contributed by atoms with Gasteiger partial charge in [-0.15, -0.1) is 11.3 Å². The summed E-state index contributed by atoms with van der Waals surface area (Å²) in [4.78, 5) is 41.3. The molecule has 0 aliphatic heterocycles. The second kappa shape index (κ2) is 10.2. The number of anilines is 1. The largest absolute Gasteiger partial charge is 0.417 e. The molecule has 4 rings (SSSR count). The second-order valence-electron chi connectivity index (χ2n) is 6.98. The minimum absolute atomic E-state index is 0.0160. The Labute approximate surface area is 205 Å². The van der Waals surface area contributed by atoms with Crippen molar-refractivity contribution in [2.75, 3.05) is 5.32 Å². The van der Waals surface area contributed by atoms with Crippen LogP contribution in [0, 0.1) is 0 Å². The molecular formula is C22H14ClF3N6O2S. The molecule has 0 aliphatic rings. The fourth-order valence-electron chi connectivity index (χ4n) is 2.91. The molecule has 0 saturated carbocycles. The number of carbonyl (C=O) groups is 2. The predicted molar refractivity (Wildman–Crippen MR) is 123 cm³/mol. The molecule has 35 heavy (non-hydrogen) atoms. The Hall–Kier alpha value is -3.90. The molecule has 3 heterocycles. The number of amides is 2. The third-order valence-corrected chi connectivity index (χ3v) is 5.89. The Bertz CT molecular complexity index is 1380. The topological polar surface area (TPSA) is 110 Å². The Morgan fingerprint density at radius 3 is 2.60 bits per heavy atom. The normalized spacial score (nSPS) is 11.2. The molecule has 178 valence electrons. The second-order valence-corrected chi connectivity index (χ2v) is 8.50. The molecule has 8 nitrogen and oxygen atoms in total. The quantitative estimate of drug-likeness (QED) is 0.377. The van der Waals surface area contributed by atoms with E-state index >= 15 is 0 Å². The van der Waals surface area contributed by atoms with Crippen molar-refractivity contribution in [1.82, 2.24) is 25.3 Å². The summed E-state index contributed by atoms with van der Waals surface area (Å²) in [6.45, 7) is 0.0160. The van der Waals surface area contributed by atoms with Crippen LogP contribution in [-0.2, 0) is 12.7 Å². The number of thiazole rings is 1. The van der Waals surface area contributed by atoms with Gasteiger partial charge in [-0.3, -0.25) is 14.6 Å². The highest BCUT2D eigenvalue weighted by atomic mass is 35.5. The number of halogens is 4. The van der Waals surface area contributed by atoms with E-state index in [0.717, 1.165) is 29.0 Å². The van der Waals surface area contributed by atoms with Crippen LogP contribution in [-0.4, -0.2) is 31.8 Å². The molecular weight excluding hydrogens is 505 g/mol. The van der Waals surface area contributed by atoms with Crippen molar-refractivity contribution in [1.29, 1.82) is 0 Å². The van der Waals surface area contributed by atoms with E-state index in [9.17, 15) is 22.8 Å². The average molecular weight is 519 g/mol. The fraction of sp³-hybridized carbons (Fsp3) is 0.0909. The summed E-state index contributed by atoms with van der Waals surface area (Å²) in [5.74, 6) is -1.12. The fourth-order valence-corrected chi connectivity index (χ4v) is 3.89. The molecule has 0 radical (unpaired) electrons. The molecule has 0 aliphatic carbocycles. The van der Waals surface area contributed by atoms with Crippen LogP contribution in [0.5, 0.6) is 0 Å². The van der Waals surface area contributed by atoms with Gasteiger partial charge in [0.15, 0.2) is 0 Å². The number of nitrogens with zero attached hydrogens (tertiary/aromatic N) is 4. The molecule has 0 unspecified atom stereocenters. The van der Waals surface area contributed by atoms with Gasteiger partial charge in [-0.25, -0.2) is 15.0 Å². The number of pyridine rings is 1. The van der Waals surface area contributed by atoms with E-state index in [1.54, 1.807) is 24.5 Å². The number of nitrogens with one attached hydrogen (secondary N) is 2. The molecule has 2 amide bonds. The van der Waals surface area contributed by atoms with Crippen molar-refractivity contribution >= 4 is 40.4 Å². The van der Waals surface area contributed by atoms with Gasteiger partial charge in [-0.2, -0.15) is 13.2 Å². The number of carbonyl (C=O) groups excluding carboxylic acids is 2. The van der Waals surface area contributed by atoms with E-state index < -0.39 is 28.6 Å². The summed E-state index contributed by atoms with van der Waals surface area (Å²) in [6.07, 6.45) is 1.11. The molecule has 2 N–H and O–H groups in total. The Balaban J connectivity index is 1.38. The van der Waals surface area contributed by atoms with Crippen molar-refractivity contribution < 1.29 is 22.8 Å². The third kappa shape index (κ3) is 5.97. The van der Waals surface area contributed by atoms with Crippen LogP contribution in [0.15, 0.2) is 61.3 Å². The molecule has 0 spiro atoms. The number of rotatable bonds is 6. The van der Waals surface area contributed by atoms with Crippen LogP contribution < -0.4 is 10.6 Å². The highest BCUT2D eigenvalue weighted by Crippen LogP contribution is 2.36. The van der Waals surface area contributed by atoms with Gasteiger partial charge in [0, 0.05) is 23.6 Å². The van der Waals surface area contributed by atoms with Crippen LogP contribution in [0.1, 0.15) is 30.7 Å². The first kappa shape index (κ1) is 24.2. The van der Waals surface area contributed by atoms with Crippen molar-refractivity contribution in [3.05, 3.63) is 87.5 Å². The van der Waals surface area contributed by atoms with Gasteiger partial charge in [-0.1, -0.05) is 11.6 Å². The zero-order valence-corrected chi connectivity index (χ0v) is 19.1. The van der Waals surface area contributed by atoms with Gasteiger partial charge in [0.1, 0.15) is 21.9 Å². The standard InChI is InChI=1S/C22H14ClF3N6O2S/c23-15-4-3-13(6-14(15)22(24,25)26)32-21(34)18-9-28-19(35-18)10-29-20(33)17-7-16(30-11-31-17)12-2-1-5-27-8-12/h1-9,11H,10H2,(H,29,33)(H,32,34). The van der Waals surface area contributed by atoms with Crippen LogP contribution in [0.4, 0.5) is 18.9 Å². The number of benzene rings is 1. The number of hydrogen-bond acceptors (Lipinski definition) is 7. The predicted octanol–water partition coefficient (Wildman–Crippen LogP) is 4.85. The van der Waals surface area contributed by atoms with Crippen molar-refractivity contribution in [2.45, 2.75) is 12.7 Å². The maximum atomic E-state index is 13.0. The Morgan fingerprint density at radius 2 is 1.86 bits per heavy atom. The van der Waals surface area contributed by atoms with Crippen LogP contribution >= 0.6 is 22.9 Å². The first-order valence-electron chi connectivity index (χ1n) is 9.84. The smallest absolute Gasteiger partial charge is 0.344 e.